The van der Waals surface area contributed by atoms with Gasteiger partial charge in [-0.05, 0) is 48.1 Å². The number of nitrogens with one attached hydrogen (secondary N) is 1. The van der Waals surface area contributed by atoms with Crippen molar-refractivity contribution in [1.29, 1.82) is 0 Å². The lowest BCUT2D eigenvalue weighted by Gasteiger charge is -2.16. The van der Waals surface area contributed by atoms with Crippen LogP contribution in [0.4, 0.5) is 5.69 Å². The van der Waals surface area contributed by atoms with Gasteiger partial charge in [0.1, 0.15) is 0 Å². The van der Waals surface area contributed by atoms with E-state index < -0.39 is 0 Å². The van der Waals surface area contributed by atoms with Gasteiger partial charge in [0.05, 0.1) is 10.6 Å². The van der Waals surface area contributed by atoms with E-state index in [0.29, 0.717) is 20.7 Å². The van der Waals surface area contributed by atoms with E-state index in [9.17, 15) is 4.79 Å². The summed E-state index contributed by atoms with van der Waals surface area (Å²) < 4.78 is 11.1. The summed E-state index contributed by atoms with van der Waals surface area (Å²) in [5.74, 6) is 1.22. The van der Waals surface area contributed by atoms with E-state index in [-0.39, 0.29) is 12.7 Å². The molecule has 7 heteroatoms. The molecule has 2 heterocycles. The SMILES string of the molecule is O=C1/C(=C/c2ccc3c(c2)OCO3)SC(=S)N1Nc1ccccc1. The molecule has 1 N–H and O–H groups in total. The van der Waals surface area contributed by atoms with Gasteiger partial charge < -0.3 is 9.47 Å². The van der Waals surface area contributed by atoms with Gasteiger partial charge in [0.2, 0.25) is 6.79 Å². The van der Waals surface area contributed by atoms with Gasteiger partial charge in [0.25, 0.3) is 5.91 Å². The second-order valence-corrected chi connectivity index (χ2v) is 6.78. The smallest absolute Gasteiger partial charge is 0.285 e. The van der Waals surface area contributed by atoms with E-state index in [1.54, 1.807) is 6.08 Å². The highest BCUT2D eigenvalue weighted by Crippen LogP contribution is 2.36. The molecular weight excluding hydrogens is 344 g/mol. The van der Waals surface area contributed by atoms with Crippen molar-refractivity contribution in [1.82, 2.24) is 5.01 Å². The van der Waals surface area contributed by atoms with Crippen molar-refractivity contribution in [3.8, 4) is 11.5 Å². The molecule has 1 amide bonds. The molecule has 2 aliphatic rings. The molecule has 0 radical (unpaired) electrons. The maximum atomic E-state index is 12.6. The standard InChI is InChI=1S/C17H12N2O3S2/c20-16-15(9-11-6-7-13-14(8-11)22-10-21-13)24-17(23)19(16)18-12-4-2-1-3-5-12/h1-9,18H,10H2/b15-9-. The number of para-hydroxylation sites is 1. The van der Waals surface area contributed by atoms with Gasteiger partial charge in [-0.15, -0.1) is 0 Å². The highest BCUT2D eigenvalue weighted by molar-refractivity contribution is 8.26. The summed E-state index contributed by atoms with van der Waals surface area (Å²) in [6.07, 6.45) is 1.80. The topological polar surface area (TPSA) is 50.8 Å². The lowest BCUT2D eigenvalue weighted by atomic mass is 10.2. The van der Waals surface area contributed by atoms with Crippen LogP contribution in [0.2, 0.25) is 0 Å². The zero-order valence-electron chi connectivity index (χ0n) is 12.4. The fourth-order valence-electron chi connectivity index (χ4n) is 2.36. The number of hydrazine groups is 1. The second kappa shape index (κ2) is 6.18. The van der Waals surface area contributed by atoms with Crippen LogP contribution in [0, 0.1) is 0 Å². The number of thioether (sulfide) groups is 1. The average molecular weight is 356 g/mol. The number of hydrogen-bond donors (Lipinski definition) is 1. The first kappa shape index (κ1) is 15.0. The summed E-state index contributed by atoms with van der Waals surface area (Å²) >= 11 is 6.57. The molecule has 5 nitrogen and oxygen atoms in total. The van der Waals surface area contributed by atoms with Crippen molar-refractivity contribution in [3.63, 3.8) is 0 Å². The molecule has 0 bridgehead atoms. The number of benzene rings is 2. The number of thiocarbonyl (C=S) groups is 1. The summed E-state index contributed by atoms with van der Waals surface area (Å²) in [4.78, 5) is 13.1. The summed E-state index contributed by atoms with van der Waals surface area (Å²) in [7, 11) is 0. The van der Waals surface area contributed by atoms with Gasteiger partial charge in [0, 0.05) is 0 Å². The normalized spacial score (nSPS) is 17.7. The lowest BCUT2D eigenvalue weighted by molar-refractivity contribution is -0.121. The highest BCUT2D eigenvalue weighted by atomic mass is 32.2. The fourth-order valence-corrected chi connectivity index (χ4v) is 3.54. The molecule has 0 aliphatic carbocycles. The van der Waals surface area contributed by atoms with Crippen LogP contribution in [0.1, 0.15) is 5.56 Å². The van der Waals surface area contributed by atoms with E-state index >= 15 is 0 Å². The van der Waals surface area contributed by atoms with Gasteiger partial charge in [0.15, 0.2) is 15.8 Å². The molecule has 0 saturated carbocycles. The third-order valence-electron chi connectivity index (χ3n) is 3.50. The Kier molecular flexibility index (Phi) is 3.87. The molecule has 2 aliphatic heterocycles. The third kappa shape index (κ3) is 2.83. The Balaban J connectivity index is 1.56. The van der Waals surface area contributed by atoms with Gasteiger partial charge in [-0.2, -0.15) is 0 Å². The van der Waals surface area contributed by atoms with Crippen molar-refractivity contribution in [2.24, 2.45) is 0 Å². The molecule has 0 aromatic heterocycles. The Morgan fingerprint density at radius 1 is 1.12 bits per heavy atom. The first-order valence-corrected chi connectivity index (χ1v) is 8.42. The third-order valence-corrected chi connectivity index (χ3v) is 4.80. The largest absolute Gasteiger partial charge is 0.454 e. The monoisotopic (exact) mass is 356 g/mol. The van der Waals surface area contributed by atoms with Crippen LogP contribution in [0.15, 0.2) is 53.4 Å². The van der Waals surface area contributed by atoms with Gasteiger partial charge in [-0.3, -0.25) is 10.2 Å². The van der Waals surface area contributed by atoms with E-state index in [0.717, 1.165) is 11.3 Å². The predicted molar refractivity (Wildman–Crippen MR) is 97.6 cm³/mol. The molecule has 2 aromatic rings. The summed E-state index contributed by atoms with van der Waals surface area (Å²) in [6.45, 7) is 0.224. The number of ether oxygens (including phenoxy) is 2. The maximum Gasteiger partial charge on any atom is 0.285 e. The Morgan fingerprint density at radius 2 is 1.92 bits per heavy atom. The fraction of sp³-hybridized carbons (Fsp3) is 0.0588. The zero-order chi connectivity index (χ0) is 16.5. The number of fused-ring (bicyclic) bond motifs is 1. The van der Waals surface area contributed by atoms with Crippen LogP contribution in [-0.4, -0.2) is 22.0 Å². The zero-order valence-corrected chi connectivity index (χ0v) is 14.0. The molecule has 120 valence electrons. The number of anilines is 1. The van der Waals surface area contributed by atoms with Crippen LogP contribution in [0.25, 0.3) is 6.08 Å². The number of hydrogen-bond acceptors (Lipinski definition) is 6. The van der Waals surface area contributed by atoms with E-state index in [1.807, 2.05) is 48.5 Å². The molecule has 0 atom stereocenters. The average Bonchev–Trinajstić information content (AvgIpc) is 3.16. The van der Waals surface area contributed by atoms with Crippen LogP contribution in [-0.2, 0) is 4.79 Å². The molecule has 0 unspecified atom stereocenters. The maximum absolute atomic E-state index is 12.6. The van der Waals surface area contributed by atoms with E-state index in [1.165, 1.54) is 16.8 Å². The van der Waals surface area contributed by atoms with Crippen LogP contribution < -0.4 is 14.9 Å². The summed E-state index contributed by atoms with van der Waals surface area (Å²) in [6, 6.07) is 15.0. The van der Waals surface area contributed by atoms with E-state index in [4.69, 9.17) is 21.7 Å². The Labute approximate surface area is 148 Å². The van der Waals surface area contributed by atoms with Crippen LogP contribution in [0.5, 0.6) is 11.5 Å². The molecule has 1 saturated heterocycles. The minimum Gasteiger partial charge on any atom is -0.454 e. The molecule has 4 rings (SSSR count). The number of nitrogens with zero attached hydrogens (tertiary/aromatic N) is 1. The lowest BCUT2D eigenvalue weighted by Crippen LogP contribution is -2.33. The predicted octanol–water partition coefficient (Wildman–Crippen LogP) is 3.64. The Hall–Kier alpha value is -2.51. The quantitative estimate of drug-likeness (QED) is 0.669. The minimum atomic E-state index is -0.175. The van der Waals surface area contributed by atoms with Gasteiger partial charge >= 0.3 is 0 Å². The first-order chi connectivity index (χ1) is 11.7. The minimum absolute atomic E-state index is 0.175. The van der Waals surface area contributed by atoms with Gasteiger partial charge in [-0.25, -0.2) is 5.01 Å². The van der Waals surface area contributed by atoms with Crippen LogP contribution >= 0.6 is 24.0 Å². The number of rotatable bonds is 3. The van der Waals surface area contributed by atoms with Crippen molar-refractivity contribution in [2.45, 2.75) is 0 Å². The molecule has 1 fully saturated rings. The molecular formula is C17H12N2O3S2. The number of carbonyl (C=O) groups is 1. The van der Waals surface area contributed by atoms with E-state index in [2.05, 4.69) is 5.43 Å². The Bertz CT molecular complexity index is 852. The molecule has 24 heavy (non-hydrogen) atoms. The number of amides is 1. The number of carbonyl (C=O) groups excluding carboxylic acids is 1. The highest BCUT2D eigenvalue weighted by Gasteiger charge is 2.32. The first-order valence-electron chi connectivity index (χ1n) is 7.20. The van der Waals surface area contributed by atoms with Crippen LogP contribution in [0.3, 0.4) is 0 Å². The van der Waals surface area contributed by atoms with Crippen molar-refractivity contribution in [2.75, 3.05) is 12.2 Å². The van der Waals surface area contributed by atoms with Gasteiger partial charge in [-0.1, -0.05) is 36.0 Å². The molecule has 2 aromatic carbocycles. The summed E-state index contributed by atoms with van der Waals surface area (Å²) in [5, 5.41) is 1.38. The van der Waals surface area contributed by atoms with Crippen molar-refractivity contribution >= 4 is 46.0 Å². The van der Waals surface area contributed by atoms with Crippen molar-refractivity contribution < 1.29 is 14.3 Å². The second-order valence-electron chi connectivity index (χ2n) is 5.11. The Morgan fingerprint density at radius 3 is 2.75 bits per heavy atom. The molecule has 0 spiro atoms. The summed E-state index contributed by atoms with van der Waals surface area (Å²) in [5.41, 5.74) is 4.70. The van der Waals surface area contributed by atoms with Crippen molar-refractivity contribution in [3.05, 3.63) is 59.0 Å².